The molecule has 0 fully saturated rings. The van der Waals surface area contributed by atoms with E-state index in [1.54, 1.807) is 0 Å². The first-order chi connectivity index (χ1) is 2.00. The molecular formula is CeCuO2. The maximum atomic E-state index is 8.39. The summed E-state index contributed by atoms with van der Waals surface area (Å²) in [5.41, 5.74) is 0. The van der Waals surface area contributed by atoms with Gasteiger partial charge in [0, 0.05) is 0 Å². The molecule has 0 amide bonds. The summed E-state index contributed by atoms with van der Waals surface area (Å²) < 4.78 is 16.2. The first kappa shape index (κ1) is 9.09. The van der Waals surface area contributed by atoms with Crippen molar-refractivity contribution in [2.75, 3.05) is 0 Å². The quantitative estimate of drug-likeness (QED) is 0.543. The molecule has 0 radical (unpaired) electrons. The van der Waals surface area contributed by atoms with Crippen molar-refractivity contribution < 1.29 is 60.5 Å². The van der Waals surface area contributed by atoms with E-state index in [-0.39, 0.29) is 39.8 Å². The van der Waals surface area contributed by atoms with Crippen LogP contribution in [0, 0.1) is 39.8 Å². The Kier molecular flexibility index (Phi) is 55.8. The molecule has 0 heterocycles. The van der Waals surface area contributed by atoms with Crippen molar-refractivity contribution >= 4 is 0 Å². The van der Waals surface area contributed by atoms with Gasteiger partial charge in [-0.2, -0.15) is 0 Å². The fourth-order valence-corrected chi connectivity index (χ4v) is 0. The molecular weight excluding hydrogens is 236 g/mol. The molecule has 0 N–H and O–H groups in total. The zero-order valence-electron chi connectivity index (χ0n) is 1.62. The molecule has 0 aromatic heterocycles. The third-order valence-corrected chi connectivity index (χ3v) is 0. The summed E-state index contributed by atoms with van der Waals surface area (Å²) in [7, 11) is 0. The van der Waals surface area contributed by atoms with Gasteiger partial charge in [0.25, 0.3) is 0 Å². The fourth-order valence-electron chi connectivity index (χ4n) is 0. The average molecular weight is 236 g/mol. The van der Waals surface area contributed by atoms with Crippen LogP contribution in [-0.2, 0) is 20.7 Å². The molecule has 4 heavy (non-hydrogen) atoms. The molecule has 27 valence electrons. The molecule has 0 spiro atoms. The second-order valence-electron chi connectivity index (χ2n) is 0. The molecule has 0 unspecified atom stereocenters. The van der Waals surface area contributed by atoms with Crippen molar-refractivity contribution in [1.82, 2.24) is 0 Å². The van der Waals surface area contributed by atoms with Gasteiger partial charge < -0.3 is 0 Å². The van der Waals surface area contributed by atoms with Crippen molar-refractivity contribution in [3.63, 3.8) is 0 Å². The fraction of sp³-hybridized carbons (Fsp3) is 0. The summed E-state index contributed by atoms with van der Waals surface area (Å²) >= 11 is 2.99. The van der Waals surface area contributed by atoms with Crippen molar-refractivity contribution in [3.8, 4) is 0 Å². The minimum atomic E-state index is 0.0556. The second kappa shape index (κ2) is 24.6. The molecule has 0 aromatic rings. The molecule has 0 aliphatic rings. The van der Waals surface area contributed by atoms with Crippen LogP contribution in [-0.4, -0.2) is 0 Å². The van der Waals surface area contributed by atoms with Gasteiger partial charge in [0.15, 0.2) is 0 Å². The maximum absolute atomic E-state index is 8.39. The predicted molar refractivity (Wildman–Crippen MR) is 1.37 cm³/mol. The third kappa shape index (κ3) is 9.73. The van der Waals surface area contributed by atoms with Crippen molar-refractivity contribution in [1.29, 1.82) is 0 Å². The summed E-state index contributed by atoms with van der Waals surface area (Å²) in [5, 5.41) is 0. The van der Waals surface area contributed by atoms with Crippen LogP contribution in [0.1, 0.15) is 0 Å². The van der Waals surface area contributed by atoms with Gasteiger partial charge in [0.2, 0.25) is 0 Å². The van der Waals surface area contributed by atoms with E-state index >= 15 is 0 Å². The average Bonchev–Trinajstić information content (AvgIpc) is 1.50. The van der Waals surface area contributed by atoms with Crippen LogP contribution in [0.2, 0.25) is 0 Å². The van der Waals surface area contributed by atoms with Gasteiger partial charge >= 0.3 is 60.5 Å². The number of rotatable bonds is 0. The Balaban J connectivity index is 0. The van der Waals surface area contributed by atoms with Gasteiger partial charge in [-0.05, 0) is 0 Å². The SMILES string of the molecule is [O]=[Ce].[O]=[Cu]. The summed E-state index contributed by atoms with van der Waals surface area (Å²) in [6.07, 6.45) is 0. The molecule has 0 aromatic carbocycles. The molecule has 0 bridgehead atoms. The number of hydrogen-bond donors (Lipinski definition) is 0. The molecule has 0 aliphatic carbocycles. The van der Waals surface area contributed by atoms with Crippen LogP contribution in [0.5, 0.6) is 0 Å². The van der Waals surface area contributed by atoms with E-state index < -0.39 is 0 Å². The van der Waals surface area contributed by atoms with Gasteiger partial charge in [-0.15, -0.1) is 0 Å². The van der Waals surface area contributed by atoms with E-state index in [9.17, 15) is 0 Å². The van der Waals surface area contributed by atoms with E-state index in [4.69, 9.17) is 4.77 Å². The van der Waals surface area contributed by atoms with Crippen molar-refractivity contribution in [2.45, 2.75) is 0 Å². The van der Waals surface area contributed by atoms with Crippen LogP contribution >= 0.6 is 0 Å². The van der Waals surface area contributed by atoms with Crippen LogP contribution in [0.4, 0.5) is 0 Å². The summed E-state index contributed by atoms with van der Waals surface area (Å²) in [4.78, 5) is 0. The van der Waals surface area contributed by atoms with Crippen LogP contribution in [0.15, 0.2) is 0 Å². The molecule has 0 saturated carbocycles. The topological polar surface area (TPSA) is 34.1 Å². The normalized spacial score (nSPS) is 2.25. The van der Waals surface area contributed by atoms with E-state index in [0.29, 0.717) is 0 Å². The van der Waals surface area contributed by atoms with Crippen LogP contribution in [0.3, 0.4) is 0 Å². The standard InChI is InChI=1S/Ce.Cu.2O. The van der Waals surface area contributed by atoms with E-state index in [0.717, 1.165) is 0 Å². The monoisotopic (exact) mass is 235 g/mol. The molecule has 0 saturated heterocycles. The second-order valence-corrected chi connectivity index (χ2v) is 0. The van der Waals surface area contributed by atoms with Gasteiger partial charge in [0.1, 0.15) is 0 Å². The minimum absolute atomic E-state index is 0.0556. The Morgan fingerprint density at radius 2 is 1.25 bits per heavy atom. The molecule has 0 rings (SSSR count). The molecule has 0 atom stereocenters. The van der Waals surface area contributed by atoms with Gasteiger partial charge in [-0.3, -0.25) is 0 Å². The Bertz CT molecular complexity index is 8.00. The van der Waals surface area contributed by atoms with Crippen molar-refractivity contribution in [3.05, 3.63) is 0 Å². The Morgan fingerprint density at radius 3 is 1.25 bits per heavy atom. The van der Waals surface area contributed by atoms with Gasteiger partial charge in [-0.25, -0.2) is 0 Å². The molecule has 0 aliphatic heterocycles. The van der Waals surface area contributed by atoms with E-state index in [1.807, 2.05) is 0 Å². The summed E-state index contributed by atoms with van der Waals surface area (Å²) in [6, 6.07) is 0. The predicted octanol–water partition coefficient (Wildman–Crippen LogP) is -0.240. The van der Waals surface area contributed by atoms with Gasteiger partial charge in [-0.1, -0.05) is 0 Å². The van der Waals surface area contributed by atoms with Crippen LogP contribution in [0.25, 0.3) is 0 Å². The van der Waals surface area contributed by atoms with Gasteiger partial charge in [0.05, 0.1) is 0 Å². The van der Waals surface area contributed by atoms with E-state index in [2.05, 4.69) is 15.9 Å². The Hall–Kier alpha value is 1.50. The molecule has 4 heteroatoms. The first-order valence-electron chi connectivity index (χ1n) is 0.327. The van der Waals surface area contributed by atoms with Crippen molar-refractivity contribution in [2.24, 2.45) is 0 Å². The number of hydrogen-bond acceptors (Lipinski definition) is 2. The summed E-state index contributed by atoms with van der Waals surface area (Å²) in [6.45, 7) is 0. The Labute approximate surface area is 59.5 Å². The third-order valence-electron chi connectivity index (χ3n) is 0. The Morgan fingerprint density at radius 1 is 1.25 bits per heavy atom. The first-order valence-corrected chi connectivity index (χ1v) is 1.99. The molecule has 2 nitrogen and oxygen atoms in total. The van der Waals surface area contributed by atoms with E-state index in [1.165, 1.54) is 0 Å². The zero-order valence-corrected chi connectivity index (χ0v) is 5.70. The van der Waals surface area contributed by atoms with Crippen LogP contribution < -0.4 is 0 Å². The summed E-state index contributed by atoms with van der Waals surface area (Å²) in [5.74, 6) is 0. The zero-order chi connectivity index (χ0) is 4.00.